The summed E-state index contributed by atoms with van der Waals surface area (Å²) in [6.45, 7) is 5.37. The van der Waals surface area contributed by atoms with Crippen LogP contribution in [0.5, 0.6) is 0 Å². The van der Waals surface area contributed by atoms with E-state index in [0.717, 1.165) is 18.2 Å². The Morgan fingerprint density at radius 3 is 2.69 bits per heavy atom. The summed E-state index contributed by atoms with van der Waals surface area (Å²) in [6.07, 6.45) is 3.61. The van der Waals surface area contributed by atoms with E-state index in [1.165, 1.54) is 11.3 Å². The fourth-order valence-electron chi connectivity index (χ4n) is 1.50. The molecule has 2 heterocycles. The van der Waals surface area contributed by atoms with Crippen molar-refractivity contribution in [1.82, 2.24) is 20.1 Å². The van der Waals surface area contributed by atoms with Gasteiger partial charge in [0.1, 0.15) is 5.76 Å². The summed E-state index contributed by atoms with van der Waals surface area (Å²) in [5.41, 5.74) is 2.38. The largest absolute Gasteiger partial charge is 0.445 e. The van der Waals surface area contributed by atoms with Gasteiger partial charge in [0.15, 0.2) is 0 Å². The van der Waals surface area contributed by atoms with Gasteiger partial charge >= 0.3 is 0 Å². The molecule has 16 heavy (non-hydrogen) atoms. The number of hydrogen-bond donors (Lipinski definition) is 1. The van der Waals surface area contributed by atoms with Crippen molar-refractivity contribution in [1.29, 1.82) is 0 Å². The first kappa shape index (κ1) is 10.9. The van der Waals surface area contributed by atoms with Crippen LogP contribution in [-0.4, -0.2) is 14.8 Å². The Morgan fingerprint density at radius 2 is 2.12 bits per heavy atom. The summed E-state index contributed by atoms with van der Waals surface area (Å²) < 4.78 is 7.23. The predicted molar refractivity (Wildman–Crippen MR) is 59.7 cm³/mol. The average molecular weight is 220 g/mol. The van der Waals surface area contributed by atoms with Crippen molar-refractivity contribution in [2.75, 3.05) is 0 Å². The molecule has 86 valence electrons. The van der Waals surface area contributed by atoms with Crippen LogP contribution >= 0.6 is 0 Å². The standard InChI is InChI=1S/C11H16N4O/c1-8-4-13-11(16-8)7-12-5-10-6-14-15(3)9(10)2/h4,6,12H,5,7H2,1-3H3. The second-order valence-electron chi connectivity index (χ2n) is 3.85. The second kappa shape index (κ2) is 4.49. The van der Waals surface area contributed by atoms with E-state index in [9.17, 15) is 0 Å². The molecule has 0 aliphatic rings. The molecular weight excluding hydrogens is 204 g/mol. The molecule has 0 bridgehead atoms. The Balaban J connectivity index is 1.86. The summed E-state index contributed by atoms with van der Waals surface area (Å²) in [7, 11) is 1.94. The first-order valence-electron chi connectivity index (χ1n) is 5.26. The molecule has 0 aliphatic heterocycles. The molecule has 2 rings (SSSR count). The molecule has 1 N–H and O–H groups in total. The third-order valence-electron chi connectivity index (χ3n) is 2.60. The Kier molecular flexibility index (Phi) is 3.05. The molecule has 0 unspecified atom stereocenters. The number of nitrogens with one attached hydrogen (secondary N) is 1. The Bertz CT molecular complexity index is 472. The summed E-state index contributed by atoms with van der Waals surface area (Å²) >= 11 is 0. The van der Waals surface area contributed by atoms with Crippen LogP contribution in [0.25, 0.3) is 0 Å². The highest BCUT2D eigenvalue weighted by Crippen LogP contribution is 2.06. The SMILES string of the molecule is Cc1cnc(CNCc2cnn(C)c2C)o1. The highest BCUT2D eigenvalue weighted by molar-refractivity contribution is 5.15. The van der Waals surface area contributed by atoms with Gasteiger partial charge in [0.2, 0.25) is 5.89 Å². The van der Waals surface area contributed by atoms with Crippen LogP contribution in [0.15, 0.2) is 16.8 Å². The van der Waals surface area contributed by atoms with Crippen molar-refractivity contribution >= 4 is 0 Å². The number of hydrogen-bond acceptors (Lipinski definition) is 4. The van der Waals surface area contributed by atoms with Gasteiger partial charge in [0.05, 0.1) is 18.9 Å². The molecule has 0 spiro atoms. The summed E-state index contributed by atoms with van der Waals surface area (Å²) in [4.78, 5) is 4.12. The zero-order valence-electron chi connectivity index (χ0n) is 9.82. The number of rotatable bonds is 4. The lowest BCUT2D eigenvalue weighted by Crippen LogP contribution is -2.13. The number of oxazole rings is 1. The van der Waals surface area contributed by atoms with Gasteiger partial charge in [-0.1, -0.05) is 0 Å². The molecule has 0 aromatic carbocycles. The number of nitrogens with zero attached hydrogens (tertiary/aromatic N) is 3. The maximum atomic E-state index is 5.36. The van der Waals surface area contributed by atoms with Crippen molar-refractivity contribution in [3.63, 3.8) is 0 Å². The highest BCUT2D eigenvalue weighted by Gasteiger charge is 2.04. The maximum absolute atomic E-state index is 5.36. The second-order valence-corrected chi connectivity index (χ2v) is 3.85. The zero-order chi connectivity index (χ0) is 11.5. The summed E-state index contributed by atoms with van der Waals surface area (Å²) in [6, 6.07) is 0. The molecule has 5 heteroatoms. The monoisotopic (exact) mass is 220 g/mol. The molecule has 0 saturated heterocycles. The molecule has 5 nitrogen and oxygen atoms in total. The van der Waals surface area contributed by atoms with E-state index in [1.54, 1.807) is 6.20 Å². The van der Waals surface area contributed by atoms with Crippen LogP contribution in [0.1, 0.15) is 22.9 Å². The van der Waals surface area contributed by atoms with Crippen LogP contribution in [0.3, 0.4) is 0 Å². The molecule has 0 fully saturated rings. The van der Waals surface area contributed by atoms with Crippen molar-refractivity contribution in [2.45, 2.75) is 26.9 Å². The molecule has 0 radical (unpaired) electrons. The topological polar surface area (TPSA) is 55.9 Å². The minimum atomic E-state index is 0.641. The first-order valence-corrected chi connectivity index (χ1v) is 5.26. The fraction of sp³-hybridized carbons (Fsp3) is 0.455. The molecule has 0 atom stereocenters. The van der Waals surface area contributed by atoms with Crippen molar-refractivity contribution in [3.8, 4) is 0 Å². The predicted octanol–water partition coefficient (Wildman–Crippen LogP) is 1.31. The molecule has 0 aliphatic carbocycles. The Morgan fingerprint density at radius 1 is 1.31 bits per heavy atom. The van der Waals surface area contributed by atoms with Crippen molar-refractivity contribution in [2.24, 2.45) is 7.05 Å². The Labute approximate surface area is 94.5 Å². The van der Waals surface area contributed by atoms with Gasteiger partial charge in [-0.3, -0.25) is 4.68 Å². The minimum absolute atomic E-state index is 0.641. The van der Waals surface area contributed by atoms with E-state index in [-0.39, 0.29) is 0 Å². The third-order valence-corrected chi connectivity index (χ3v) is 2.60. The van der Waals surface area contributed by atoms with E-state index in [4.69, 9.17) is 4.42 Å². The van der Waals surface area contributed by atoms with Crippen LogP contribution in [0.4, 0.5) is 0 Å². The van der Waals surface area contributed by atoms with E-state index < -0.39 is 0 Å². The summed E-state index contributed by atoms with van der Waals surface area (Å²) in [5, 5.41) is 7.46. The van der Waals surface area contributed by atoms with E-state index >= 15 is 0 Å². The van der Waals surface area contributed by atoms with Crippen LogP contribution in [0.2, 0.25) is 0 Å². The van der Waals surface area contributed by atoms with Gasteiger partial charge in [0.25, 0.3) is 0 Å². The van der Waals surface area contributed by atoms with Crippen LogP contribution in [-0.2, 0) is 20.1 Å². The quantitative estimate of drug-likeness (QED) is 0.844. The maximum Gasteiger partial charge on any atom is 0.208 e. The lowest BCUT2D eigenvalue weighted by molar-refractivity contribution is 0.449. The number of aromatic nitrogens is 3. The molecule has 2 aromatic rings. The average Bonchev–Trinajstić information content (AvgIpc) is 2.79. The van der Waals surface area contributed by atoms with E-state index in [1.807, 2.05) is 24.9 Å². The third kappa shape index (κ3) is 2.30. The minimum Gasteiger partial charge on any atom is -0.445 e. The molecular formula is C11H16N4O. The van der Waals surface area contributed by atoms with Crippen molar-refractivity contribution < 1.29 is 4.42 Å². The zero-order valence-corrected chi connectivity index (χ0v) is 9.82. The van der Waals surface area contributed by atoms with E-state index in [2.05, 4.69) is 22.3 Å². The van der Waals surface area contributed by atoms with Crippen LogP contribution in [0, 0.1) is 13.8 Å². The van der Waals surface area contributed by atoms with Gasteiger partial charge in [-0.05, 0) is 13.8 Å². The van der Waals surface area contributed by atoms with Crippen molar-refractivity contribution in [3.05, 3.63) is 35.3 Å². The van der Waals surface area contributed by atoms with Crippen LogP contribution < -0.4 is 5.32 Å². The molecule has 2 aromatic heterocycles. The fourth-order valence-corrected chi connectivity index (χ4v) is 1.50. The van der Waals surface area contributed by atoms with Gasteiger partial charge in [-0.25, -0.2) is 4.98 Å². The number of aryl methyl sites for hydroxylation is 2. The van der Waals surface area contributed by atoms with E-state index in [0.29, 0.717) is 6.54 Å². The normalized spacial score (nSPS) is 10.9. The summed E-state index contributed by atoms with van der Waals surface area (Å²) in [5.74, 6) is 1.56. The lowest BCUT2D eigenvalue weighted by atomic mass is 10.2. The lowest BCUT2D eigenvalue weighted by Gasteiger charge is -2.01. The smallest absolute Gasteiger partial charge is 0.208 e. The van der Waals surface area contributed by atoms with Gasteiger partial charge in [-0.2, -0.15) is 5.10 Å². The van der Waals surface area contributed by atoms with Gasteiger partial charge in [0, 0.05) is 24.8 Å². The Hall–Kier alpha value is -1.62. The van der Waals surface area contributed by atoms with Gasteiger partial charge < -0.3 is 9.73 Å². The first-order chi connectivity index (χ1) is 7.66. The molecule has 0 saturated carbocycles. The highest BCUT2D eigenvalue weighted by atomic mass is 16.4. The van der Waals surface area contributed by atoms with Gasteiger partial charge in [-0.15, -0.1) is 0 Å². The molecule has 0 amide bonds.